The number of benzene rings is 2. The minimum atomic E-state index is -3.34. The van der Waals surface area contributed by atoms with Crippen LogP contribution in [-0.4, -0.2) is 43.5 Å². The summed E-state index contributed by atoms with van der Waals surface area (Å²) in [5.41, 5.74) is 0.112. The van der Waals surface area contributed by atoms with Crippen molar-refractivity contribution in [1.29, 1.82) is 0 Å². The van der Waals surface area contributed by atoms with E-state index in [1.165, 1.54) is 0 Å². The van der Waals surface area contributed by atoms with Crippen LogP contribution in [0.4, 0.5) is 4.79 Å². The molecular formula is C22H27NO5S. The number of ether oxygens (including phenoxy) is 2. The highest BCUT2D eigenvalue weighted by molar-refractivity contribution is 7.91. The first-order valence-corrected chi connectivity index (χ1v) is 11.4. The minimum Gasteiger partial charge on any atom is -0.444 e. The maximum atomic E-state index is 12.7. The van der Waals surface area contributed by atoms with Crippen LogP contribution in [0.15, 0.2) is 65.6 Å². The molecule has 0 aromatic heterocycles. The largest absolute Gasteiger partial charge is 0.444 e. The zero-order valence-electron chi connectivity index (χ0n) is 16.8. The van der Waals surface area contributed by atoms with Crippen LogP contribution in [0.3, 0.4) is 0 Å². The molecule has 29 heavy (non-hydrogen) atoms. The van der Waals surface area contributed by atoms with E-state index < -0.39 is 21.7 Å². The number of hydrogen-bond donors (Lipinski definition) is 0. The highest BCUT2D eigenvalue weighted by Crippen LogP contribution is 2.31. The van der Waals surface area contributed by atoms with Crippen molar-refractivity contribution in [3.05, 3.63) is 66.2 Å². The lowest BCUT2D eigenvalue weighted by Crippen LogP contribution is -2.48. The summed E-state index contributed by atoms with van der Waals surface area (Å²) in [6.07, 6.45) is 0.506. The Morgan fingerprint density at radius 1 is 1.10 bits per heavy atom. The zero-order valence-corrected chi connectivity index (χ0v) is 17.6. The number of carbonyl (C=O) groups is 1. The molecule has 6 nitrogen and oxygen atoms in total. The second-order valence-corrected chi connectivity index (χ2v) is 9.71. The maximum Gasteiger partial charge on any atom is 0.412 e. The van der Waals surface area contributed by atoms with E-state index in [0.717, 1.165) is 5.56 Å². The lowest BCUT2D eigenvalue weighted by Gasteiger charge is -2.32. The molecule has 2 aromatic rings. The highest BCUT2D eigenvalue weighted by Gasteiger charge is 2.44. The second kappa shape index (κ2) is 8.97. The maximum absolute atomic E-state index is 12.7. The van der Waals surface area contributed by atoms with Gasteiger partial charge in [-0.3, -0.25) is 4.90 Å². The van der Waals surface area contributed by atoms with Crippen LogP contribution in [0.25, 0.3) is 0 Å². The Balaban J connectivity index is 1.58. The third-order valence-electron chi connectivity index (χ3n) is 5.03. The van der Waals surface area contributed by atoms with Crippen molar-refractivity contribution in [2.45, 2.75) is 50.0 Å². The van der Waals surface area contributed by atoms with Crippen LogP contribution in [-0.2, 0) is 25.9 Å². The predicted octanol–water partition coefficient (Wildman–Crippen LogP) is 4.01. The Hall–Kier alpha value is -2.38. The van der Waals surface area contributed by atoms with Gasteiger partial charge < -0.3 is 9.47 Å². The molecule has 1 atom stereocenters. The molecule has 0 unspecified atom stereocenters. The first kappa shape index (κ1) is 21.3. The zero-order chi connectivity index (χ0) is 20.9. The van der Waals surface area contributed by atoms with E-state index in [1.54, 1.807) is 35.2 Å². The number of nitrogens with zero attached hydrogens (tertiary/aromatic N) is 1. The van der Waals surface area contributed by atoms with E-state index in [4.69, 9.17) is 9.47 Å². The molecule has 0 aliphatic carbocycles. The predicted molar refractivity (Wildman–Crippen MR) is 110 cm³/mol. The van der Waals surface area contributed by atoms with Gasteiger partial charge in [-0.1, -0.05) is 48.5 Å². The van der Waals surface area contributed by atoms with Crippen molar-refractivity contribution in [2.75, 3.05) is 12.4 Å². The molecular weight excluding hydrogens is 390 g/mol. The standard InChI is InChI=1S/C22H27NO5S/c1-22(2)23(21(24)27-16-18-10-5-3-6-11-18)19(17-28-22)12-9-15-29(25,26)20-13-7-4-8-14-20/h3-8,10-11,13-14,19H,9,12,15-17H2,1-2H3/t19-/m0/s1. The highest BCUT2D eigenvalue weighted by atomic mass is 32.2. The van der Waals surface area contributed by atoms with Crippen LogP contribution in [0.5, 0.6) is 0 Å². The third-order valence-corrected chi connectivity index (χ3v) is 6.85. The Labute approximate surface area is 172 Å². The Bertz CT molecular complexity index is 913. The average Bonchev–Trinajstić information content (AvgIpc) is 3.02. The number of hydrogen-bond acceptors (Lipinski definition) is 5. The van der Waals surface area contributed by atoms with E-state index in [9.17, 15) is 13.2 Å². The summed E-state index contributed by atoms with van der Waals surface area (Å²) in [6, 6.07) is 17.7. The second-order valence-electron chi connectivity index (χ2n) is 7.60. The quantitative estimate of drug-likeness (QED) is 0.680. The van der Waals surface area contributed by atoms with Gasteiger partial charge in [0, 0.05) is 0 Å². The Morgan fingerprint density at radius 2 is 1.72 bits per heavy atom. The molecule has 156 valence electrons. The normalized spacial score (nSPS) is 18.6. The van der Waals surface area contributed by atoms with Crippen molar-refractivity contribution >= 4 is 15.9 Å². The number of sulfone groups is 1. The summed E-state index contributed by atoms with van der Waals surface area (Å²) in [6.45, 7) is 4.18. The number of carbonyl (C=O) groups excluding carboxylic acids is 1. The van der Waals surface area contributed by atoms with Crippen LogP contribution in [0.2, 0.25) is 0 Å². The van der Waals surface area contributed by atoms with E-state index in [-0.39, 0.29) is 18.4 Å². The van der Waals surface area contributed by atoms with Crippen LogP contribution in [0, 0.1) is 0 Å². The Kier molecular flexibility index (Phi) is 6.59. The van der Waals surface area contributed by atoms with E-state index in [1.807, 2.05) is 44.2 Å². The molecule has 0 N–H and O–H groups in total. The van der Waals surface area contributed by atoms with Gasteiger partial charge in [-0.2, -0.15) is 0 Å². The van der Waals surface area contributed by atoms with Crippen molar-refractivity contribution in [3.8, 4) is 0 Å². The topological polar surface area (TPSA) is 72.9 Å². The monoisotopic (exact) mass is 417 g/mol. The lowest BCUT2D eigenvalue weighted by atomic mass is 10.1. The van der Waals surface area contributed by atoms with Crippen molar-refractivity contribution in [2.24, 2.45) is 0 Å². The number of amides is 1. The van der Waals surface area contributed by atoms with Gasteiger partial charge in [0.25, 0.3) is 0 Å². The van der Waals surface area contributed by atoms with Crippen molar-refractivity contribution in [3.63, 3.8) is 0 Å². The number of rotatable bonds is 7. The van der Waals surface area contributed by atoms with Gasteiger partial charge in [-0.15, -0.1) is 0 Å². The summed E-state index contributed by atoms with van der Waals surface area (Å²) < 4.78 is 36.2. The van der Waals surface area contributed by atoms with E-state index in [0.29, 0.717) is 24.3 Å². The molecule has 0 radical (unpaired) electrons. The fraction of sp³-hybridized carbons (Fsp3) is 0.409. The molecule has 0 bridgehead atoms. The molecule has 1 aliphatic rings. The summed E-state index contributed by atoms with van der Waals surface area (Å²) in [4.78, 5) is 14.6. The van der Waals surface area contributed by atoms with Gasteiger partial charge in [0.1, 0.15) is 12.3 Å². The summed E-state index contributed by atoms with van der Waals surface area (Å²) in [7, 11) is -3.34. The lowest BCUT2D eigenvalue weighted by molar-refractivity contribution is -0.0494. The third kappa shape index (κ3) is 5.36. The van der Waals surface area contributed by atoms with Crippen LogP contribution < -0.4 is 0 Å². The minimum absolute atomic E-state index is 0.0286. The van der Waals surface area contributed by atoms with Gasteiger partial charge >= 0.3 is 6.09 Å². The molecule has 2 aromatic carbocycles. The fourth-order valence-corrected chi connectivity index (χ4v) is 4.86. The summed E-state index contributed by atoms with van der Waals surface area (Å²) in [5.74, 6) is 0.0286. The first-order valence-electron chi connectivity index (χ1n) is 9.71. The smallest absolute Gasteiger partial charge is 0.412 e. The van der Waals surface area contributed by atoms with Gasteiger partial charge in [0.2, 0.25) is 0 Å². The molecule has 1 saturated heterocycles. The van der Waals surface area contributed by atoms with E-state index >= 15 is 0 Å². The van der Waals surface area contributed by atoms with Crippen molar-refractivity contribution < 1.29 is 22.7 Å². The molecule has 1 fully saturated rings. The molecule has 3 rings (SSSR count). The van der Waals surface area contributed by atoms with Crippen LogP contribution >= 0.6 is 0 Å². The molecule has 1 amide bonds. The molecule has 1 aliphatic heterocycles. The molecule has 0 saturated carbocycles. The Morgan fingerprint density at radius 3 is 2.38 bits per heavy atom. The van der Waals surface area contributed by atoms with Crippen molar-refractivity contribution in [1.82, 2.24) is 4.90 Å². The van der Waals surface area contributed by atoms with Crippen LogP contribution in [0.1, 0.15) is 32.3 Å². The molecule has 7 heteroatoms. The fourth-order valence-electron chi connectivity index (χ4n) is 3.51. The van der Waals surface area contributed by atoms with Gasteiger partial charge in [-0.25, -0.2) is 13.2 Å². The molecule has 1 heterocycles. The molecule has 0 spiro atoms. The summed E-state index contributed by atoms with van der Waals surface area (Å²) in [5, 5.41) is 0. The van der Waals surface area contributed by atoms with Gasteiger partial charge in [-0.05, 0) is 44.4 Å². The van der Waals surface area contributed by atoms with Gasteiger partial charge in [0.15, 0.2) is 9.84 Å². The van der Waals surface area contributed by atoms with Gasteiger partial charge in [0.05, 0.1) is 23.3 Å². The SMILES string of the molecule is CC1(C)OC[C@H](CCCS(=O)(=O)c2ccccc2)N1C(=O)OCc1ccccc1. The first-order chi connectivity index (χ1) is 13.8. The van der Waals surface area contributed by atoms with E-state index in [2.05, 4.69) is 0 Å². The summed E-state index contributed by atoms with van der Waals surface area (Å²) >= 11 is 0. The average molecular weight is 418 g/mol.